The summed E-state index contributed by atoms with van der Waals surface area (Å²) < 4.78 is 0. The topological polar surface area (TPSA) is 102 Å². The van der Waals surface area contributed by atoms with E-state index in [9.17, 15) is 9.59 Å². The average Bonchev–Trinajstić information content (AvgIpc) is 3.33. The van der Waals surface area contributed by atoms with E-state index in [4.69, 9.17) is 17.0 Å². The quantitative estimate of drug-likeness (QED) is 0.403. The smallest absolute Gasteiger partial charge is 0.267 e. The molecule has 5 rings (SSSR count). The van der Waals surface area contributed by atoms with Crippen molar-refractivity contribution in [2.75, 3.05) is 13.6 Å². The highest BCUT2D eigenvalue weighted by Crippen LogP contribution is 2.32. The number of hydrogen-bond donors (Lipinski definition) is 3. The molecular weight excluding hydrogens is 434 g/mol. The maximum absolute atomic E-state index is 12.9. The molecule has 0 saturated heterocycles. The monoisotopic (exact) mass is 455 g/mol. The molecule has 3 N–H and O–H groups in total. The Kier molecular flexibility index (Phi) is 5.16. The van der Waals surface area contributed by atoms with Crippen molar-refractivity contribution in [3.63, 3.8) is 0 Å². The lowest BCUT2D eigenvalue weighted by Gasteiger charge is -2.36. The first kappa shape index (κ1) is 20.4. The number of benzene rings is 1. The molecule has 2 aliphatic rings. The summed E-state index contributed by atoms with van der Waals surface area (Å²) in [5, 5.41) is 13.3. The molecule has 2 atom stereocenters. The van der Waals surface area contributed by atoms with Gasteiger partial charge in [-0.2, -0.15) is 0 Å². The van der Waals surface area contributed by atoms with Crippen LogP contribution in [0.4, 0.5) is 0 Å². The second kappa shape index (κ2) is 7.85. The fourth-order valence-electron chi connectivity index (χ4n) is 4.19. The lowest BCUT2D eigenvalue weighted by atomic mass is 9.75. The predicted octanol–water partition coefficient (Wildman–Crippen LogP) is 3.68. The number of halogens is 1. The van der Waals surface area contributed by atoms with Gasteiger partial charge in [-0.3, -0.25) is 9.59 Å². The van der Waals surface area contributed by atoms with Crippen LogP contribution in [0, 0.1) is 11.3 Å². The zero-order chi connectivity index (χ0) is 21.7. The van der Waals surface area contributed by atoms with Crippen LogP contribution in [0.3, 0.4) is 0 Å². The largest absolute Gasteiger partial charge is 0.351 e. The Bertz CT molecular complexity index is 1220. The SMILES string of the molecule is CN1CCc2nc(C(=O)C(=N)[C@H]3CC[C@H]3NC(=O)c3cc4cc(Cl)ccc4[nH]3)sc2C1. The number of aromatic amines is 1. The average molecular weight is 456 g/mol. The first-order valence-corrected chi connectivity index (χ1v) is 11.5. The molecule has 0 spiro atoms. The van der Waals surface area contributed by atoms with Gasteiger partial charge >= 0.3 is 0 Å². The number of nitrogens with zero attached hydrogens (tertiary/aromatic N) is 2. The third-order valence-electron chi connectivity index (χ3n) is 6.15. The Morgan fingerprint density at radius 2 is 2.16 bits per heavy atom. The van der Waals surface area contributed by atoms with Gasteiger partial charge in [-0.15, -0.1) is 11.3 Å². The molecule has 7 nitrogen and oxygen atoms in total. The molecule has 31 heavy (non-hydrogen) atoms. The number of likely N-dealkylation sites (N-methyl/N-ethyl adjacent to an activating group) is 1. The van der Waals surface area contributed by atoms with Crippen molar-refractivity contribution >= 4 is 51.2 Å². The van der Waals surface area contributed by atoms with E-state index < -0.39 is 0 Å². The summed E-state index contributed by atoms with van der Waals surface area (Å²) in [6.07, 6.45) is 2.30. The molecule has 1 amide bonds. The maximum atomic E-state index is 12.9. The highest BCUT2D eigenvalue weighted by atomic mass is 35.5. The van der Waals surface area contributed by atoms with Crippen LogP contribution in [0.15, 0.2) is 24.3 Å². The molecule has 160 valence electrons. The molecule has 1 aliphatic carbocycles. The Morgan fingerprint density at radius 1 is 1.32 bits per heavy atom. The zero-order valence-corrected chi connectivity index (χ0v) is 18.6. The minimum absolute atomic E-state index is 0.0411. The summed E-state index contributed by atoms with van der Waals surface area (Å²) in [6.45, 7) is 1.73. The van der Waals surface area contributed by atoms with Gasteiger partial charge in [-0.1, -0.05) is 11.6 Å². The lowest BCUT2D eigenvalue weighted by molar-refractivity contribution is 0.0889. The van der Waals surface area contributed by atoms with Crippen molar-refractivity contribution in [2.45, 2.75) is 31.8 Å². The summed E-state index contributed by atoms with van der Waals surface area (Å²) in [4.78, 5) is 36.6. The van der Waals surface area contributed by atoms with Gasteiger partial charge < -0.3 is 20.6 Å². The number of aromatic nitrogens is 2. The van der Waals surface area contributed by atoms with Crippen LogP contribution < -0.4 is 5.32 Å². The molecule has 0 bridgehead atoms. The zero-order valence-electron chi connectivity index (χ0n) is 17.0. The summed E-state index contributed by atoms with van der Waals surface area (Å²) >= 11 is 7.42. The molecule has 1 aliphatic heterocycles. The number of fused-ring (bicyclic) bond motifs is 2. The second-order valence-electron chi connectivity index (χ2n) is 8.30. The minimum Gasteiger partial charge on any atom is -0.351 e. The van der Waals surface area contributed by atoms with E-state index in [1.165, 1.54) is 11.3 Å². The Morgan fingerprint density at radius 3 is 2.94 bits per heavy atom. The van der Waals surface area contributed by atoms with E-state index in [1.54, 1.807) is 18.2 Å². The van der Waals surface area contributed by atoms with Crippen molar-refractivity contribution in [2.24, 2.45) is 5.92 Å². The predicted molar refractivity (Wildman–Crippen MR) is 121 cm³/mol. The molecular formula is C22H22ClN5O2S. The van der Waals surface area contributed by atoms with Crippen LogP contribution in [0.2, 0.25) is 5.02 Å². The lowest BCUT2D eigenvalue weighted by Crippen LogP contribution is -2.51. The molecule has 2 aromatic heterocycles. The highest BCUT2D eigenvalue weighted by molar-refractivity contribution is 7.14. The molecule has 1 aromatic carbocycles. The summed E-state index contributed by atoms with van der Waals surface area (Å²) in [7, 11) is 2.05. The van der Waals surface area contributed by atoms with Crippen molar-refractivity contribution < 1.29 is 9.59 Å². The normalized spacial score (nSPS) is 20.8. The van der Waals surface area contributed by atoms with Crippen molar-refractivity contribution in [3.8, 4) is 0 Å². The van der Waals surface area contributed by atoms with Crippen LogP contribution in [0.25, 0.3) is 10.9 Å². The van der Waals surface area contributed by atoms with Gasteiger partial charge in [-0.25, -0.2) is 4.98 Å². The van der Waals surface area contributed by atoms with Crippen molar-refractivity contribution in [1.82, 2.24) is 20.2 Å². The molecule has 0 radical (unpaired) electrons. The minimum atomic E-state index is -0.314. The molecule has 1 saturated carbocycles. The second-order valence-corrected chi connectivity index (χ2v) is 9.82. The number of hydrogen-bond acceptors (Lipinski definition) is 6. The van der Waals surface area contributed by atoms with Crippen LogP contribution in [-0.2, 0) is 13.0 Å². The Balaban J connectivity index is 1.26. The fourth-order valence-corrected chi connectivity index (χ4v) is 5.52. The number of Topliss-reactive ketones (excluding diaryl/α,β-unsaturated/α-hetero) is 1. The van der Waals surface area contributed by atoms with E-state index in [0.29, 0.717) is 22.1 Å². The van der Waals surface area contributed by atoms with E-state index in [2.05, 4.69) is 27.2 Å². The summed E-state index contributed by atoms with van der Waals surface area (Å²) in [5.74, 6) is -0.833. The van der Waals surface area contributed by atoms with Crippen molar-refractivity contribution in [3.05, 3.63) is 50.6 Å². The Labute approximate surface area is 188 Å². The maximum Gasteiger partial charge on any atom is 0.267 e. The van der Waals surface area contributed by atoms with E-state index in [-0.39, 0.29) is 29.4 Å². The van der Waals surface area contributed by atoms with Crippen LogP contribution in [-0.4, -0.2) is 51.9 Å². The summed E-state index contributed by atoms with van der Waals surface area (Å²) in [5.41, 5.74) is 2.30. The number of carbonyl (C=O) groups is 2. The molecule has 1 fully saturated rings. The summed E-state index contributed by atoms with van der Waals surface area (Å²) in [6, 6.07) is 6.94. The highest BCUT2D eigenvalue weighted by Gasteiger charge is 2.39. The van der Waals surface area contributed by atoms with Crippen LogP contribution >= 0.6 is 22.9 Å². The first-order valence-electron chi connectivity index (χ1n) is 10.3. The number of carbonyl (C=O) groups excluding carboxylic acids is 2. The van der Waals surface area contributed by atoms with E-state index >= 15 is 0 Å². The van der Waals surface area contributed by atoms with Gasteiger partial charge in [0.25, 0.3) is 5.91 Å². The number of H-pyrrole nitrogens is 1. The number of amides is 1. The van der Waals surface area contributed by atoms with Crippen LogP contribution in [0.5, 0.6) is 0 Å². The number of rotatable bonds is 5. The number of ketones is 1. The standard InChI is InChI=1S/C22H22ClN5O2S/c1-28-7-6-16-18(10-28)31-22(27-16)20(29)19(24)13-3-5-15(13)26-21(30)17-9-11-8-12(23)2-4-14(11)25-17/h2,4,8-9,13,15,24-25H,3,5-7,10H2,1H3,(H,26,30)/t13-,15+/m0/s1. The number of thiazole rings is 1. The molecule has 3 heterocycles. The third-order valence-corrected chi connectivity index (χ3v) is 7.47. The van der Waals surface area contributed by atoms with Gasteiger partial charge in [0.2, 0.25) is 5.78 Å². The first-order chi connectivity index (χ1) is 14.9. The van der Waals surface area contributed by atoms with Gasteiger partial charge in [0.15, 0.2) is 5.01 Å². The fraction of sp³-hybridized carbons (Fsp3) is 0.364. The van der Waals surface area contributed by atoms with E-state index in [0.717, 1.165) is 47.4 Å². The van der Waals surface area contributed by atoms with Gasteiger partial charge in [0.1, 0.15) is 5.69 Å². The van der Waals surface area contributed by atoms with Gasteiger partial charge in [0.05, 0.1) is 11.4 Å². The number of nitrogens with one attached hydrogen (secondary N) is 3. The molecule has 9 heteroatoms. The molecule has 3 aromatic rings. The van der Waals surface area contributed by atoms with Crippen molar-refractivity contribution in [1.29, 1.82) is 5.41 Å². The van der Waals surface area contributed by atoms with E-state index in [1.807, 2.05) is 6.07 Å². The molecule has 0 unspecified atom stereocenters. The van der Waals surface area contributed by atoms with Gasteiger partial charge in [0, 0.05) is 52.3 Å². The third kappa shape index (κ3) is 3.79. The van der Waals surface area contributed by atoms with Gasteiger partial charge in [-0.05, 0) is 44.2 Å². The van der Waals surface area contributed by atoms with Crippen LogP contribution in [0.1, 0.15) is 43.7 Å². The Hall–Kier alpha value is -2.55.